The number of aldehydes is 1. The minimum absolute atomic E-state index is 0.657. The van der Waals surface area contributed by atoms with Crippen LogP contribution in [0.5, 0.6) is 5.75 Å². The molecule has 3 aromatic carbocycles. The summed E-state index contributed by atoms with van der Waals surface area (Å²) < 4.78 is 5.16. The number of methoxy groups -OCH3 is 1. The normalized spacial score (nSPS) is 10.2. The first-order valence-electron chi connectivity index (χ1n) is 8.88. The summed E-state index contributed by atoms with van der Waals surface area (Å²) in [7, 11) is 1.65. The minimum Gasteiger partial charge on any atom is -0.497 e. The highest BCUT2D eigenvalue weighted by molar-refractivity contribution is 5.83. The molecule has 3 nitrogen and oxygen atoms in total. The number of pyridine rings is 1. The number of nitrogens with zero attached hydrogens (tertiary/aromatic N) is 1. The molecule has 28 heavy (non-hydrogen) atoms. The SMILES string of the molecule is COc1ccc(C#Cc2ccc3nc(-c4ccc(C=O)cc4)ccc3c2)cc1. The molecule has 4 aromatic rings. The molecule has 0 amide bonds. The van der Waals surface area contributed by atoms with E-state index in [-0.39, 0.29) is 0 Å². The fraction of sp³-hybridized carbons (Fsp3) is 0.0400. The van der Waals surface area contributed by atoms with Gasteiger partial charge in [0, 0.05) is 27.6 Å². The standard InChI is InChI=1S/C25H17NO2/c1-28-23-12-6-18(7-13-23)2-3-19-8-14-25-22(16-19)11-15-24(26-25)21-9-4-20(17-27)5-10-21/h4-17H,1H3. The Balaban J connectivity index is 1.61. The first-order chi connectivity index (χ1) is 13.7. The molecular weight excluding hydrogens is 346 g/mol. The van der Waals surface area contributed by atoms with E-state index in [0.29, 0.717) is 5.56 Å². The third-order valence-electron chi connectivity index (χ3n) is 4.47. The smallest absolute Gasteiger partial charge is 0.150 e. The summed E-state index contributed by atoms with van der Waals surface area (Å²) >= 11 is 0. The monoisotopic (exact) mass is 363 g/mol. The van der Waals surface area contributed by atoms with E-state index in [2.05, 4.69) is 11.8 Å². The topological polar surface area (TPSA) is 39.2 Å². The molecule has 0 N–H and O–H groups in total. The van der Waals surface area contributed by atoms with Crippen molar-refractivity contribution in [1.29, 1.82) is 0 Å². The lowest BCUT2D eigenvalue weighted by atomic mass is 10.1. The van der Waals surface area contributed by atoms with Crippen molar-refractivity contribution in [3.63, 3.8) is 0 Å². The molecule has 0 fully saturated rings. The Morgan fingerprint density at radius 3 is 2.25 bits per heavy atom. The van der Waals surface area contributed by atoms with Gasteiger partial charge in [0.2, 0.25) is 0 Å². The number of ether oxygens (including phenoxy) is 1. The fourth-order valence-corrected chi connectivity index (χ4v) is 2.92. The van der Waals surface area contributed by atoms with Gasteiger partial charge in [0.15, 0.2) is 0 Å². The summed E-state index contributed by atoms with van der Waals surface area (Å²) in [6.45, 7) is 0. The maximum absolute atomic E-state index is 10.8. The van der Waals surface area contributed by atoms with Crippen molar-refractivity contribution in [3.8, 4) is 28.8 Å². The van der Waals surface area contributed by atoms with Crippen molar-refractivity contribution >= 4 is 17.2 Å². The zero-order valence-electron chi connectivity index (χ0n) is 15.3. The van der Waals surface area contributed by atoms with Crippen LogP contribution in [0.2, 0.25) is 0 Å². The molecule has 0 aliphatic carbocycles. The van der Waals surface area contributed by atoms with Crippen LogP contribution in [0, 0.1) is 11.8 Å². The predicted octanol–water partition coefficient (Wildman–Crippen LogP) is 5.12. The highest BCUT2D eigenvalue weighted by Crippen LogP contribution is 2.22. The van der Waals surface area contributed by atoms with Crippen molar-refractivity contribution in [2.24, 2.45) is 0 Å². The van der Waals surface area contributed by atoms with E-state index in [9.17, 15) is 4.79 Å². The van der Waals surface area contributed by atoms with Gasteiger partial charge in [-0.25, -0.2) is 4.98 Å². The Morgan fingerprint density at radius 1 is 0.821 bits per heavy atom. The van der Waals surface area contributed by atoms with E-state index in [4.69, 9.17) is 9.72 Å². The predicted molar refractivity (Wildman–Crippen MR) is 112 cm³/mol. The third-order valence-corrected chi connectivity index (χ3v) is 4.47. The summed E-state index contributed by atoms with van der Waals surface area (Å²) in [5, 5.41) is 1.04. The van der Waals surface area contributed by atoms with Gasteiger partial charge in [-0.1, -0.05) is 42.2 Å². The summed E-state index contributed by atoms with van der Waals surface area (Å²) in [5.41, 5.74) is 5.30. The van der Waals surface area contributed by atoms with Gasteiger partial charge in [-0.15, -0.1) is 0 Å². The van der Waals surface area contributed by atoms with Crippen LogP contribution >= 0.6 is 0 Å². The molecule has 0 aliphatic rings. The Kier molecular flexibility index (Phi) is 4.86. The lowest BCUT2D eigenvalue weighted by molar-refractivity contribution is 0.112. The van der Waals surface area contributed by atoms with Gasteiger partial charge < -0.3 is 4.74 Å². The number of hydrogen-bond acceptors (Lipinski definition) is 3. The zero-order valence-corrected chi connectivity index (χ0v) is 15.3. The molecule has 4 rings (SSSR count). The molecule has 1 aromatic heterocycles. The number of aromatic nitrogens is 1. The molecule has 1 heterocycles. The number of fused-ring (bicyclic) bond motifs is 1. The highest BCUT2D eigenvalue weighted by atomic mass is 16.5. The van der Waals surface area contributed by atoms with Crippen LogP contribution in [0.25, 0.3) is 22.2 Å². The number of carbonyl (C=O) groups is 1. The van der Waals surface area contributed by atoms with Crippen LogP contribution in [0.4, 0.5) is 0 Å². The van der Waals surface area contributed by atoms with Gasteiger partial charge in [0.25, 0.3) is 0 Å². The summed E-state index contributed by atoms with van der Waals surface area (Å²) in [4.78, 5) is 15.5. The van der Waals surface area contributed by atoms with Crippen LogP contribution in [-0.2, 0) is 0 Å². The summed E-state index contributed by atoms with van der Waals surface area (Å²) in [5.74, 6) is 7.19. The Hall–Kier alpha value is -3.90. The molecule has 0 atom stereocenters. The Morgan fingerprint density at radius 2 is 1.54 bits per heavy atom. The number of hydrogen-bond donors (Lipinski definition) is 0. The second kappa shape index (κ2) is 7.77. The molecule has 0 bridgehead atoms. The number of benzene rings is 3. The summed E-state index contributed by atoms with van der Waals surface area (Å²) in [6.07, 6.45) is 0.839. The van der Waals surface area contributed by atoms with E-state index >= 15 is 0 Å². The zero-order chi connectivity index (χ0) is 19.3. The fourth-order valence-electron chi connectivity index (χ4n) is 2.92. The van der Waals surface area contributed by atoms with Gasteiger partial charge >= 0.3 is 0 Å². The first kappa shape index (κ1) is 17.5. The molecule has 0 aliphatic heterocycles. The van der Waals surface area contributed by atoms with Crippen molar-refractivity contribution in [2.75, 3.05) is 7.11 Å². The lowest BCUT2D eigenvalue weighted by Crippen LogP contribution is -1.87. The van der Waals surface area contributed by atoms with Gasteiger partial charge in [-0.2, -0.15) is 0 Å². The van der Waals surface area contributed by atoms with E-state index in [1.165, 1.54) is 0 Å². The maximum atomic E-state index is 10.8. The largest absolute Gasteiger partial charge is 0.497 e. The van der Waals surface area contributed by atoms with Crippen LogP contribution in [0.1, 0.15) is 21.5 Å². The number of rotatable bonds is 3. The highest BCUT2D eigenvalue weighted by Gasteiger charge is 2.03. The van der Waals surface area contributed by atoms with Crippen molar-refractivity contribution in [3.05, 3.63) is 95.6 Å². The molecule has 0 saturated heterocycles. The first-order valence-corrected chi connectivity index (χ1v) is 8.88. The van der Waals surface area contributed by atoms with Crippen LogP contribution in [-0.4, -0.2) is 18.4 Å². The third kappa shape index (κ3) is 3.77. The molecule has 0 radical (unpaired) electrons. The van der Waals surface area contributed by atoms with Crippen molar-refractivity contribution in [1.82, 2.24) is 4.98 Å². The van der Waals surface area contributed by atoms with Gasteiger partial charge in [-0.3, -0.25) is 4.79 Å². The quantitative estimate of drug-likeness (QED) is 0.374. The maximum Gasteiger partial charge on any atom is 0.150 e. The van der Waals surface area contributed by atoms with Gasteiger partial charge in [0.1, 0.15) is 12.0 Å². The lowest BCUT2D eigenvalue weighted by Gasteiger charge is -2.04. The van der Waals surface area contributed by atoms with Crippen LogP contribution in [0.3, 0.4) is 0 Å². The molecule has 3 heteroatoms. The number of carbonyl (C=O) groups excluding carboxylic acids is 1. The molecule has 0 saturated carbocycles. The van der Waals surface area contributed by atoms with Gasteiger partial charge in [0.05, 0.1) is 18.3 Å². The molecule has 0 spiro atoms. The van der Waals surface area contributed by atoms with Crippen molar-refractivity contribution in [2.45, 2.75) is 0 Å². The van der Waals surface area contributed by atoms with E-state index in [1.54, 1.807) is 19.2 Å². The van der Waals surface area contributed by atoms with E-state index < -0.39 is 0 Å². The molecular formula is C25H17NO2. The Bertz CT molecular complexity index is 1200. The second-order valence-corrected chi connectivity index (χ2v) is 6.32. The van der Waals surface area contributed by atoms with E-state index in [0.717, 1.165) is 45.3 Å². The minimum atomic E-state index is 0.657. The Labute approximate surface area is 163 Å². The average Bonchev–Trinajstić information content (AvgIpc) is 2.77. The molecule has 134 valence electrons. The second-order valence-electron chi connectivity index (χ2n) is 6.32. The van der Waals surface area contributed by atoms with E-state index in [1.807, 2.05) is 66.7 Å². The van der Waals surface area contributed by atoms with Crippen LogP contribution in [0.15, 0.2) is 78.9 Å². The van der Waals surface area contributed by atoms with Gasteiger partial charge in [-0.05, 0) is 48.5 Å². The van der Waals surface area contributed by atoms with Crippen molar-refractivity contribution < 1.29 is 9.53 Å². The average molecular weight is 363 g/mol. The van der Waals surface area contributed by atoms with Crippen LogP contribution < -0.4 is 4.74 Å². The summed E-state index contributed by atoms with van der Waals surface area (Å²) in [6, 6.07) is 25.1. The molecule has 0 unspecified atom stereocenters.